The van der Waals surface area contributed by atoms with Crippen molar-refractivity contribution in [2.24, 2.45) is 0 Å². The number of hydrogen-bond donors (Lipinski definition) is 3. The molecule has 1 aliphatic rings. The first-order valence-electron chi connectivity index (χ1n) is 6.50. The van der Waals surface area contributed by atoms with E-state index in [2.05, 4.69) is 26.3 Å². The van der Waals surface area contributed by atoms with E-state index in [0.29, 0.717) is 0 Å². The molecule has 3 N–H and O–H groups in total. The van der Waals surface area contributed by atoms with E-state index in [0.717, 1.165) is 30.6 Å². The Morgan fingerprint density at radius 3 is 3.00 bits per heavy atom. The maximum absolute atomic E-state index is 12.0. The molecular weight excluding hydrogens is 276 g/mol. The number of sulfonamides is 1. The summed E-state index contributed by atoms with van der Waals surface area (Å²) < 4.78 is 26.7. The van der Waals surface area contributed by atoms with Gasteiger partial charge < -0.3 is 5.32 Å². The van der Waals surface area contributed by atoms with Crippen LogP contribution in [0.1, 0.15) is 17.5 Å². The number of aryl methyl sites for hydroxylation is 1. The highest BCUT2D eigenvalue weighted by Gasteiger charge is 2.17. The molecule has 0 radical (unpaired) electrons. The third-order valence-electron chi connectivity index (χ3n) is 3.38. The van der Waals surface area contributed by atoms with E-state index in [1.807, 2.05) is 12.1 Å². The fraction of sp³-hybridized carbons (Fsp3) is 0.308. The molecule has 7 heteroatoms. The summed E-state index contributed by atoms with van der Waals surface area (Å²) in [6.45, 7) is 1.19. The van der Waals surface area contributed by atoms with E-state index in [1.165, 1.54) is 17.8 Å². The number of fused-ring (bicyclic) bond motifs is 1. The first-order valence-corrected chi connectivity index (χ1v) is 7.99. The second-order valence-corrected chi connectivity index (χ2v) is 6.46. The van der Waals surface area contributed by atoms with Gasteiger partial charge in [0.05, 0.1) is 6.20 Å². The summed E-state index contributed by atoms with van der Waals surface area (Å²) in [5.41, 5.74) is 3.27. The third kappa shape index (κ3) is 2.54. The normalized spacial score (nSPS) is 14.6. The lowest BCUT2D eigenvalue weighted by molar-refractivity contribution is 0.577. The van der Waals surface area contributed by atoms with Crippen LogP contribution in [0.15, 0.2) is 35.5 Å². The third-order valence-corrected chi connectivity index (χ3v) is 4.71. The highest BCUT2D eigenvalue weighted by atomic mass is 32.2. The number of rotatable bonds is 4. The van der Waals surface area contributed by atoms with Crippen molar-refractivity contribution in [2.75, 3.05) is 11.9 Å². The number of anilines is 1. The predicted octanol–water partition coefficient (Wildman–Crippen LogP) is 1.25. The van der Waals surface area contributed by atoms with Crippen LogP contribution in [0.25, 0.3) is 0 Å². The molecule has 1 aromatic heterocycles. The lowest BCUT2D eigenvalue weighted by Gasteiger charge is -2.21. The van der Waals surface area contributed by atoms with Crippen molar-refractivity contribution in [2.45, 2.75) is 24.4 Å². The number of H-pyrrole nitrogens is 1. The zero-order chi connectivity index (χ0) is 14.0. The monoisotopic (exact) mass is 292 g/mol. The highest BCUT2D eigenvalue weighted by Crippen LogP contribution is 2.26. The number of aromatic nitrogens is 2. The van der Waals surface area contributed by atoms with E-state index in [1.54, 1.807) is 0 Å². The molecule has 6 nitrogen and oxygen atoms in total. The van der Waals surface area contributed by atoms with Crippen molar-refractivity contribution in [1.82, 2.24) is 14.9 Å². The lowest BCUT2D eigenvalue weighted by Crippen LogP contribution is -2.25. The Balaban J connectivity index is 1.79. The first-order chi connectivity index (χ1) is 9.67. The average molecular weight is 292 g/mol. The summed E-state index contributed by atoms with van der Waals surface area (Å²) in [6, 6.07) is 7.41. The molecule has 0 unspecified atom stereocenters. The predicted molar refractivity (Wildman–Crippen MR) is 75.9 cm³/mol. The number of hydrogen-bond acceptors (Lipinski definition) is 4. The molecule has 2 heterocycles. The minimum atomic E-state index is -3.54. The smallest absolute Gasteiger partial charge is 0.257 e. The Hall–Kier alpha value is -1.86. The zero-order valence-electron chi connectivity index (χ0n) is 10.9. The molecule has 0 atom stereocenters. The van der Waals surface area contributed by atoms with E-state index >= 15 is 0 Å². The molecule has 1 aromatic carbocycles. The second-order valence-electron chi connectivity index (χ2n) is 4.73. The Kier molecular flexibility index (Phi) is 3.45. The van der Waals surface area contributed by atoms with Crippen LogP contribution in [0.2, 0.25) is 0 Å². The molecular formula is C13H16N4O2S. The van der Waals surface area contributed by atoms with Gasteiger partial charge in [0, 0.05) is 18.8 Å². The average Bonchev–Trinajstić information content (AvgIpc) is 3.00. The quantitative estimate of drug-likeness (QED) is 0.791. The van der Waals surface area contributed by atoms with Crippen LogP contribution in [0, 0.1) is 0 Å². The van der Waals surface area contributed by atoms with Crippen molar-refractivity contribution in [1.29, 1.82) is 0 Å². The highest BCUT2D eigenvalue weighted by molar-refractivity contribution is 7.89. The lowest BCUT2D eigenvalue weighted by atomic mass is 9.99. The molecule has 1 aliphatic heterocycles. The summed E-state index contributed by atoms with van der Waals surface area (Å²) in [6.07, 6.45) is 3.56. The van der Waals surface area contributed by atoms with Crippen LogP contribution in [0.5, 0.6) is 0 Å². The molecule has 106 valence electrons. The number of nitrogens with one attached hydrogen (secondary N) is 3. The van der Waals surface area contributed by atoms with E-state index < -0.39 is 10.0 Å². The van der Waals surface area contributed by atoms with Gasteiger partial charge in [-0.05, 0) is 30.0 Å². The summed E-state index contributed by atoms with van der Waals surface area (Å²) in [4.78, 5) is 0. The van der Waals surface area contributed by atoms with Crippen molar-refractivity contribution in [3.63, 3.8) is 0 Å². The van der Waals surface area contributed by atoms with E-state index in [9.17, 15) is 8.42 Å². The topological polar surface area (TPSA) is 86.9 Å². The van der Waals surface area contributed by atoms with Gasteiger partial charge in [0.2, 0.25) is 0 Å². The molecule has 3 rings (SSSR count). The number of benzene rings is 1. The summed E-state index contributed by atoms with van der Waals surface area (Å²) in [5.74, 6) is 0. The van der Waals surface area contributed by atoms with Gasteiger partial charge in [-0.15, -0.1) is 0 Å². The van der Waals surface area contributed by atoms with Gasteiger partial charge in [-0.3, -0.25) is 5.10 Å². The second kappa shape index (κ2) is 5.26. The van der Waals surface area contributed by atoms with Crippen LogP contribution in [-0.4, -0.2) is 25.2 Å². The van der Waals surface area contributed by atoms with Crippen LogP contribution >= 0.6 is 0 Å². The van der Waals surface area contributed by atoms with Gasteiger partial charge in [-0.1, -0.05) is 18.2 Å². The van der Waals surface area contributed by atoms with E-state index in [-0.39, 0.29) is 11.6 Å². The summed E-state index contributed by atoms with van der Waals surface area (Å²) in [7, 11) is -3.54. The molecule has 20 heavy (non-hydrogen) atoms. The number of nitrogens with zero attached hydrogens (tertiary/aromatic N) is 1. The van der Waals surface area contributed by atoms with Crippen LogP contribution in [0.3, 0.4) is 0 Å². The van der Waals surface area contributed by atoms with Gasteiger partial charge in [0.25, 0.3) is 10.0 Å². The fourth-order valence-electron chi connectivity index (χ4n) is 2.37. The van der Waals surface area contributed by atoms with Crippen LogP contribution in [-0.2, 0) is 23.0 Å². The molecule has 0 fully saturated rings. The molecule has 0 spiro atoms. The number of para-hydroxylation sites is 1. The molecule has 0 saturated carbocycles. The number of aromatic amines is 1. The molecule has 0 saturated heterocycles. The Morgan fingerprint density at radius 2 is 2.20 bits per heavy atom. The van der Waals surface area contributed by atoms with Gasteiger partial charge in [0.15, 0.2) is 5.03 Å². The van der Waals surface area contributed by atoms with Crippen molar-refractivity contribution in [3.05, 3.63) is 41.6 Å². The fourth-order valence-corrected chi connectivity index (χ4v) is 3.29. The van der Waals surface area contributed by atoms with Crippen LogP contribution in [0.4, 0.5) is 5.69 Å². The van der Waals surface area contributed by atoms with Crippen molar-refractivity contribution in [3.8, 4) is 0 Å². The molecule has 0 aliphatic carbocycles. The van der Waals surface area contributed by atoms with Gasteiger partial charge in [0.1, 0.15) is 0 Å². The minimum Gasteiger partial charge on any atom is -0.385 e. The maximum atomic E-state index is 12.0. The van der Waals surface area contributed by atoms with Gasteiger partial charge >= 0.3 is 0 Å². The Morgan fingerprint density at radius 1 is 1.30 bits per heavy atom. The first kappa shape index (κ1) is 13.1. The summed E-state index contributed by atoms with van der Waals surface area (Å²) >= 11 is 0. The SMILES string of the molecule is O=S(=O)(NCc1cccc2c1NCCC2)c1ccn[nH]1. The zero-order valence-corrected chi connectivity index (χ0v) is 11.7. The molecule has 0 amide bonds. The Bertz CT molecular complexity index is 695. The molecule has 2 aromatic rings. The minimum absolute atomic E-state index is 0.0789. The van der Waals surface area contributed by atoms with Gasteiger partial charge in [-0.25, -0.2) is 13.1 Å². The van der Waals surface area contributed by atoms with E-state index in [4.69, 9.17) is 0 Å². The summed E-state index contributed by atoms with van der Waals surface area (Å²) in [5, 5.41) is 9.54. The van der Waals surface area contributed by atoms with Crippen molar-refractivity contribution >= 4 is 15.7 Å². The van der Waals surface area contributed by atoms with Crippen LogP contribution < -0.4 is 10.0 Å². The largest absolute Gasteiger partial charge is 0.385 e. The molecule has 0 bridgehead atoms. The Labute approximate surface area is 117 Å². The van der Waals surface area contributed by atoms with Crippen molar-refractivity contribution < 1.29 is 8.42 Å². The maximum Gasteiger partial charge on any atom is 0.257 e. The standard InChI is InChI=1S/C13H16N4O2S/c18-20(19,12-6-8-15-17-12)16-9-11-4-1-3-10-5-2-7-14-13(10)11/h1,3-4,6,8,14,16H,2,5,7,9H2,(H,15,17). The van der Waals surface area contributed by atoms with Gasteiger partial charge in [-0.2, -0.15) is 5.10 Å².